The second kappa shape index (κ2) is 3.21. The second-order valence-electron chi connectivity index (χ2n) is 1.85. The number of phenols is 2. The first-order chi connectivity index (χ1) is 5.04. The van der Waals surface area contributed by atoms with E-state index in [1.807, 2.05) is 0 Å². The molecule has 0 radical (unpaired) electrons. The fourth-order valence-electron chi connectivity index (χ4n) is 0.573. The normalized spacial score (nSPS) is 10.1. The van der Waals surface area contributed by atoms with Crippen molar-refractivity contribution < 1.29 is 10.2 Å². The maximum atomic E-state index is 9.22. The van der Waals surface area contributed by atoms with E-state index < -0.39 is 0 Å². The predicted octanol–water partition coefficient (Wildman–Crippen LogP) is 3.28. The summed E-state index contributed by atoms with van der Waals surface area (Å²) in [5.41, 5.74) is 0. The van der Waals surface area contributed by atoms with E-state index in [4.69, 9.17) is 16.7 Å². The molecule has 60 valence electrons. The van der Waals surface area contributed by atoms with Crippen LogP contribution >= 0.6 is 43.5 Å². The molecule has 0 aromatic heterocycles. The van der Waals surface area contributed by atoms with Gasteiger partial charge in [-0.3, -0.25) is 0 Å². The van der Waals surface area contributed by atoms with Gasteiger partial charge in [0, 0.05) is 0 Å². The summed E-state index contributed by atoms with van der Waals surface area (Å²) < 4.78 is 0.678. The Bertz CT molecular complexity index is 275. The maximum Gasteiger partial charge on any atom is 0.145 e. The lowest BCUT2D eigenvalue weighted by Crippen LogP contribution is -1.75. The van der Waals surface area contributed by atoms with Crippen molar-refractivity contribution in [1.29, 1.82) is 0 Å². The molecule has 0 bridgehead atoms. The zero-order chi connectivity index (χ0) is 8.59. The van der Waals surface area contributed by atoms with Gasteiger partial charge in [0.15, 0.2) is 0 Å². The molecule has 0 saturated heterocycles. The minimum absolute atomic E-state index is 0.0206. The summed E-state index contributed by atoms with van der Waals surface area (Å²) in [5, 5.41) is 18.4. The molecule has 0 aliphatic carbocycles. The Labute approximate surface area is 85.1 Å². The number of hydrogen-bond acceptors (Lipinski definition) is 2. The Morgan fingerprint density at radius 2 is 1.82 bits per heavy atom. The Kier molecular flexibility index (Phi) is 2.67. The van der Waals surface area contributed by atoms with Gasteiger partial charge in [0.05, 0.1) is 8.95 Å². The summed E-state index contributed by atoms with van der Waals surface area (Å²) in [5.74, 6) is -0.101. The lowest BCUT2D eigenvalue weighted by Gasteiger charge is -2.03. The minimum atomic E-state index is -0.0804. The number of halogens is 3. The van der Waals surface area contributed by atoms with Gasteiger partial charge in [-0.2, -0.15) is 0 Å². The van der Waals surface area contributed by atoms with E-state index in [1.54, 1.807) is 0 Å². The van der Waals surface area contributed by atoms with Crippen molar-refractivity contribution in [3.8, 4) is 11.5 Å². The molecule has 0 saturated carbocycles. The number of aromatic hydroxyl groups is 2. The average Bonchev–Trinajstić information content (AvgIpc) is 1.97. The first-order valence-corrected chi connectivity index (χ1v) is 4.56. The molecule has 0 amide bonds. The molecule has 5 heteroatoms. The third-order valence-corrected chi connectivity index (χ3v) is 3.10. The van der Waals surface area contributed by atoms with Gasteiger partial charge in [-0.1, -0.05) is 11.6 Å². The van der Waals surface area contributed by atoms with E-state index in [0.29, 0.717) is 4.47 Å². The van der Waals surface area contributed by atoms with Crippen LogP contribution in [0.3, 0.4) is 0 Å². The van der Waals surface area contributed by atoms with Crippen LogP contribution in [-0.2, 0) is 0 Å². The largest absolute Gasteiger partial charge is 0.506 e. The van der Waals surface area contributed by atoms with Crippen molar-refractivity contribution in [2.24, 2.45) is 0 Å². The summed E-state index contributed by atoms with van der Waals surface area (Å²) in [7, 11) is 0. The summed E-state index contributed by atoms with van der Waals surface area (Å²) in [6, 6.07) is 1.32. The van der Waals surface area contributed by atoms with Gasteiger partial charge in [-0.25, -0.2) is 0 Å². The Morgan fingerprint density at radius 1 is 1.27 bits per heavy atom. The molecule has 1 aromatic rings. The van der Waals surface area contributed by atoms with Gasteiger partial charge in [-0.15, -0.1) is 0 Å². The first kappa shape index (κ1) is 9.16. The monoisotopic (exact) mass is 300 g/mol. The first-order valence-electron chi connectivity index (χ1n) is 2.59. The molecule has 0 aliphatic heterocycles. The number of rotatable bonds is 0. The fourth-order valence-corrected chi connectivity index (χ4v) is 1.81. The van der Waals surface area contributed by atoms with Crippen LogP contribution in [-0.4, -0.2) is 10.2 Å². The van der Waals surface area contributed by atoms with Gasteiger partial charge >= 0.3 is 0 Å². The van der Waals surface area contributed by atoms with Crippen molar-refractivity contribution in [2.45, 2.75) is 0 Å². The van der Waals surface area contributed by atoms with Gasteiger partial charge < -0.3 is 10.2 Å². The van der Waals surface area contributed by atoms with E-state index in [-0.39, 0.29) is 21.0 Å². The smallest absolute Gasteiger partial charge is 0.145 e. The Hall–Kier alpha value is 0.0700. The number of hydrogen-bond donors (Lipinski definition) is 2. The lowest BCUT2D eigenvalue weighted by atomic mass is 10.3. The van der Waals surface area contributed by atoms with Crippen LogP contribution in [0.25, 0.3) is 0 Å². The zero-order valence-corrected chi connectivity index (χ0v) is 9.03. The van der Waals surface area contributed by atoms with Crippen LogP contribution in [0.5, 0.6) is 11.5 Å². The van der Waals surface area contributed by atoms with Crippen molar-refractivity contribution in [3.63, 3.8) is 0 Å². The molecular formula is C6H3Br2ClO2. The highest BCUT2D eigenvalue weighted by molar-refractivity contribution is 9.11. The van der Waals surface area contributed by atoms with Crippen molar-refractivity contribution in [3.05, 3.63) is 20.0 Å². The van der Waals surface area contributed by atoms with Gasteiger partial charge in [-0.05, 0) is 37.9 Å². The summed E-state index contributed by atoms with van der Waals surface area (Å²) in [6.45, 7) is 0. The van der Waals surface area contributed by atoms with E-state index >= 15 is 0 Å². The van der Waals surface area contributed by atoms with Crippen LogP contribution in [0.1, 0.15) is 0 Å². The van der Waals surface area contributed by atoms with E-state index in [2.05, 4.69) is 31.9 Å². The van der Waals surface area contributed by atoms with Crippen molar-refractivity contribution in [2.75, 3.05) is 0 Å². The van der Waals surface area contributed by atoms with Crippen LogP contribution in [0.4, 0.5) is 0 Å². The molecule has 0 spiro atoms. The fraction of sp³-hybridized carbons (Fsp3) is 0. The third-order valence-electron chi connectivity index (χ3n) is 1.12. The molecule has 0 unspecified atom stereocenters. The third kappa shape index (κ3) is 1.63. The van der Waals surface area contributed by atoms with Crippen molar-refractivity contribution >= 4 is 43.5 Å². The van der Waals surface area contributed by atoms with Crippen LogP contribution in [0.2, 0.25) is 5.02 Å². The van der Waals surface area contributed by atoms with Crippen LogP contribution in [0.15, 0.2) is 15.0 Å². The molecule has 0 fully saturated rings. The van der Waals surface area contributed by atoms with Gasteiger partial charge in [0.25, 0.3) is 0 Å². The van der Waals surface area contributed by atoms with E-state index in [1.165, 1.54) is 6.07 Å². The summed E-state index contributed by atoms with van der Waals surface area (Å²) in [6.07, 6.45) is 0. The Balaban J connectivity index is 3.46. The lowest BCUT2D eigenvalue weighted by molar-refractivity contribution is 0.454. The molecule has 1 rings (SSSR count). The van der Waals surface area contributed by atoms with Crippen LogP contribution < -0.4 is 0 Å². The molecule has 0 heterocycles. The minimum Gasteiger partial charge on any atom is -0.506 e. The molecule has 0 aliphatic rings. The molecule has 1 aromatic carbocycles. The highest BCUT2D eigenvalue weighted by atomic mass is 79.9. The number of benzene rings is 1. The standard InChI is InChI=1S/C6H3Br2ClO2/c7-2-1-3(10)5(9)4(8)6(2)11/h1,10-11H. The highest BCUT2D eigenvalue weighted by Crippen LogP contribution is 2.42. The molecule has 11 heavy (non-hydrogen) atoms. The zero-order valence-electron chi connectivity index (χ0n) is 5.11. The van der Waals surface area contributed by atoms with E-state index in [0.717, 1.165) is 0 Å². The second-order valence-corrected chi connectivity index (χ2v) is 3.88. The van der Waals surface area contributed by atoms with Gasteiger partial charge in [0.1, 0.15) is 16.5 Å². The molecule has 0 atom stereocenters. The highest BCUT2D eigenvalue weighted by Gasteiger charge is 2.11. The average molecular weight is 302 g/mol. The molecule has 2 nitrogen and oxygen atoms in total. The van der Waals surface area contributed by atoms with Crippen molar-refractivity contribution in [1.82, 2.24) is 0 Å². The Morgan fingerprint density at radius 3 is 2.36 bits per heavy atom. The molecular weight excluding hydrogens is 299 g/mol. The van der Waals surface area contributed by atoms with Gasteiger partial charge in [0.2, 0.25) is 0 Å². The quantitative estimate of drug-likeness (QED) is 0.570. The predicted molar refractivity (Wildman–Crippen MR) is 50.2 cm³/mol. The molecule has 2 N–H and O–H groups in total. The summed E-state index contributed by atoms with van der Waals surface area (Å²) >= 11 is 11.6. The topological polar surface area (TPSA) is 40.5 Å². The van der Waals surface area contributed by atoms with E-state index in [9.17, 15) is 5.11 Å². The number of phenolic OH excluding ortho intramolecular Hbond substituents is 2. The van der Waals surface area contributed by atoms with Crippen LogP contribution in [0, 0.1) is 0 Å². The SMILES string of the molecule is Oc1cc(Br)c(O)c(Br)c1Cl. The summed E-state index contributed by atoms with van der Waals surface area (Å²) in [4.78, 5) is 0. The maximum absolute atomic E-state index is 9.22.